The molecule has 0 fully saturated rings. The Labute approximate surface area is 79.9 Å². The second-order valence-electron chi connectivity index (χ2n) is 2.79. The smallest absolute Gasteiger partial charge is 0.315 e. The molecule has 0 spiro atoms. The summed E-state index contributed by atoms with van der Waals surface area (Å²) in [5, 5.41) is 6.02. The minimum atomic E-state index is -2.94. The van der Waals surface area contributed by atoms with Crippen LogP contribution < -0.4 is 5.32 Å². The number of amides is 1. The first-order valence-corrected chi connectivity index (χ1v) is 4.14. The van der Waals surface area contributed by atoms with Gasteiger partial charge in [0.2, 0.25) is 0 Å². The molecule has 1 rings (SSSR count). The third kappa shape index (κ3) is 2.79. The summed E-state index contributed by atoms with van der Waals surface area (Å²) in [5.41, 5.74) is 0.888. The van der Waals surface area contributed by atoms with Crippen LogP contribution in [0.5, 0.6) is 0 Å². The van der Waals surface area contributed by atoms with Gasteiger partial charge in [-0.3, -0.25) is 9.48 Å². The van der Waals surface area contributed by atoms with Crippen molar-refractivity contribution in [1.29, 1.82) is 0 Å². The Morgan fingerprint density at radius 2 is 2.43 bits per heavy atom. The number of rotatable bonds is 4. The number of carbonyl (C=O) groups excluding carboxylic acids is 1. The van der Waals surface area contributed by atoms with Gasteiger partial charge < -0.3 is 5.32 Å². The molecule has 0 radical (unpaired) electrons. The molecule has 0 unspecified atom stereocenters. The lowest BCUT2D eigenvalue weighted by Gasteiger charge is -2.04. The van der Waals surface area contributed by atoms with Crippen molar-refractivity contribution in [3.63, 3.8) is 0 Å². The highest BCUT2D eigenvalue weighted by atomic mass is 19.3. The van der Waals surface area contributed by atoms with Gasteiger partial charge in [-0.1, -0.05) is 0 Å². The van der Waals surface area contributed by atoms with E-state index in [0.717, 1.165) is 5.69 Å². The molecular formula is C8H11F2N3O. The molecule has 0 aliphatic heterocycles. The van der Waals surface area contributed by atoms with Crippen molar-refractivity contribution >= 4 is 5.91 Å². The van der Waals surface area contributed by atoms with E-state index in [2.05, 4.69) is 10.4 Å². The molecule has 4 nitrogen and oxygen atoms in total. The monoisotopic (exact) mass is 203 g/mol. The zero-order valence-corrected chi connectivity index (χ0v) is 7.70. The lowest BCUT2D eigenvalue weighted by molar-refractivity contribution is -0.131. The number of aromatic nitrogens is 2. The first-order valence-electron chi connectivity index (χ1n) is 4.14. The van der Waals surface area contributed by atoms with E-state index in [4.69, 9.17) is 0 Å². The van der Waals surface area contributed by atoms with Gasteiger partial charge in [-0.2, -0.15) is 13.9 Å². The van der Waals surface area contributed by atoms with E-state index >= 15 is 0 Å². The quantitative estimate of drug-likeness (QED) is 0.767. The first-order chi connectivity index (χ1) is 6.61. The molecule has 1 aromatic rings. The predicted molar refractivity (Wildman–Crippen MR) is 45.9 cm³/mol. The molecule has 1 heterocycles. The van der Waals surface area contributed by atoms with Crippen LogP contribution >= 0.6 is 0 Å². The van der Waals surface area contributed by atoms with Crippen molar-refractivity contribution in [2.45, 2.75) is 12.8 Å². The Balaban J connectivity index is 2.29. The molecule has 78 valence electrons. The second kappa shape index (κ2) is 4.69. The van der Waals surface area contributed by atoms with E-state index < -0.39 is 12.3 Å². The molecule has 1 amide bonds. The third-order valence-corrected chi connectivity index (χ3v) is 1.80. The van der Waals surface area contributed by atoms with Crippen molar-refractivity contribution in [1.82, 2.24) is 15.1 Å². The fraction of sp³-hybridized carbons (Fsp3) is 0.500. The Kier molecular flexibility index (Phi) is 3.55. The van der Waals surface area contributed by atoms with Gasteiger partial charge in [0.05, 0.1) is 0 Å². The largest absolute Gasteiger partial charge is 0.351 e. The molecule has 14 heavy (non-hydrogen) atoms. The van der Waals surface area contributed by atoms with Crippen LogP contribution in [0.25, 0.3) is 0 Å². The van der Waals surface area contributed by atoms with Crippen molar-refractivity contribution in [2.24, 2.45) is 7.05 Å². The number of hydrogen-bond acceptors (Lipinski definition) is 2. The summed E-state index contributed by atoms with van der Waals surface area (Å²) in [5.74, 6) is -1.23. The molecule has 0 bridgehead atoms. The van der Waals surface area contributed by atoms with Crippen LogP contribution in [0.3, 0.4) is 0 Å². The summed E-state index contributed by atoms with van der Waals surface area (Å²) in [7, 11) is 1.75. The minimum absolute atomic E-state index is 0.197. The molecule has 0 aromatic carbocycles. The SMILES string of the molecule is Cn1nccc1CCNC(=O)C(F)F. The fourth-order valence-corrected chi connectivity index (χ4v) is 1.04. The van der Waals surface area contributed by atoms with Gasteiger partial charge >= 0.3 is 6.43 Å². The van der Waals surface area contributed by atoms with Crippen molar-refractivity contribution in [2.75, 3.05) is 6.54 Å². The normalized spacial score (nSPS) is 10.6. The van der Waals surface area contributed by atoms with Crippen LogP contribution in [0.4, 0.5) is 8.78 Å². The lowest BCUT2D eigenvalue weighted by Crippen LogP contribution is -2.31. The van der Waals surface area contributed by atoms with Crippen LogP contribution in [-0.2, 0) is 18.3 Å². The molecule has 0 saturated heterocycles. The van der Waals surface area contributed by atoms with Crippen molar-refractivity contribution in [3.8, 4) is 0 Å². The van der Waals surface area contributed by atoms with Gasteiger partial charge in [-0.05, 0) is 6.07 Å². The zero-order valence-electron chi connectivity index (χ0n) is 7.70. The minimum Gasteiger partial charge on any atom is -0.351 e. The highest BCUT2D eigenvalue weighted by Crippen LogP contribution is 1.97. The molecule has 0 aliphatic carbocycles. The van der Waals surface area contributed by atoms with Gasteiger partial charge in [0.15, 0.2) is 0 Å². The third-order valence-electron chi connectivity index (χ3n) is 1.80. The summed E-state index contributed by atoms with van der Waals surface area (Å²) >= 11 is 0. The summed E-state index contributed by atoms with van der Waals surface area (Å²) in [6.45, 7) is 0.197. The van der Waals surface area contributed by atoms with Crippen LogP contribution in [0.2, 0.25) is 0 Å². The lowest BCUT2D eigenvalue weighted by atomic mass is 10.3. The van der Waals surface area contributed by atoms with Gasteiger partial charge in [0.25, 0.3) is 5.91 Å². The number of alkyl halides is 2. The van der Waals surface area contributed by atoms with Crippen LogP contribution in [-0.4, -0.2) is 28.7 Å². The van der Waals surface area contributed by atoms with Gasteiger partial charge in [-0.25, -0.2) is 0 Å². The van der Waals surface area contributed by atoms with Gasteiger partial charge in [0.1, 0.15) is 0 Å². The summed E-state index contributed by atoms with van der Waals surface area (Å²) in [4.78, 5) is 10.5. The number of aryl methyl sites for hydroxylation is 1. The summed E-state index contributed by atoms with van der Waals surface area (Å²) < 4.78 is 25.1. The van der Waals surface area contributed by atoms with E-state index in [1.54, 1.807) is 24.0 Å². The average Bonchev–Trinajstić information content (AvgIpc) is 2.51. The Bertz CT molecular complexity index is 311. The first kappa shape index (κ1) is 10.6. The summed E-state index contributed by atoms with van der Waals surface area (Å²) in [6.07, 6.45) is -0.833. The van der Waals surface area contributed by atoms with Gasteiger partial charge in [0, 0.05) is 31.9 Å². The maximum absolute atomic E-state index is 11.7. The number of nitrogens with one attached hydrogen (secondary N) is 1. The van der Waals surface area contributed by atoms with Crippen LogP contribution in [0.1, 0.15) is 5.69 Å². The van der Waals surface area contributed by atoms with E-state index in [1.807, 2.05) is 0 Å². The number of halogens is 2. The van der Waals surface area contributed by atoms with Crippen LogP contribution in [0, 0.1) is 0 Å². The topological polar surface area (TPSA) is 46.9 Å². The Morgan fingerprint density at radius 3 is 2.93 bits per heavy atom. The number of nitrogens with zero attached hydrogens (tertiary/aromatic N) is 2. The van der Waals surface area contributed by atoms with E-state index in [1.165, 1.54) is 0 Å². The van der Waals surface area contributed by atoms with Crippen molar-refractivity contribution < 1.29 is 13.6 Å². The van der Waals surface area contributed by atoms with E-state index in [-0.39, 0.29) is 6.54 Å². The van der Waals surface area contributed by atoms with Crippen LogP contribution in [0.15, 0.2) is 12.3 Å². The highest BCUT2D eigenvalue weighted by molar-refractivity contribution is 5.78. The average molecular weight is 203 g/mol. The molecule has 1 N–H and O–H groups in total. The van der Waals surface area contributed by atoms with Gasteiger partial charge in [-0.15, -0.1) is 0 Å². The molecule has 0 aliphatic rings. The zero-order chi connectivity index (χ0) is 10.6. The standard InChI is InChI=1S/C8H11F2N3O/c1-13-6(3-5-12-13)2-4-11-8(14)7(9)10/h3,5,7H,2,4H2,1H3,(H,11,14). The van der Waals surface area contributed by atoms with Crippen molar-refractivity contribution in [3.05, 3.63) is 18.0 Å². The molecular weight excluding hydrogens is 192 g/mol. The second-order valence-corrected chi connectivity index (χ2v) is 2.79. The molecule has 0 atom stereocenters. The summed E-state index contributed by atoms with van der Waals surface area (Å²) in [6, 6.07) is 1.77. The molecule has 1 aromatic heterocycles. The van der Waals surface area contributed by atoms with E-state index in [0.29, 0.717) is 6.42 Å². The maximum atomic E-state index is 11.7. The number of hydrogen-bond donors (Lipinski definition) is 1. The predicted octanol–water partition coefficient (Wildman–Crippen LogP) is 0.344. The number of carbonyl (C=O) groups is 1. The Hall–Kier alpha value is -1.46. The maximum Gasteiger partial charge on any atom is 0.315 e. The Morgan fingerprint density at radius 1 is 1.71 bits per heavy atom. The fourth-order valence-electron chi connectivity index (χ4n) is 1.04. The molecule has 6 heteroatoms. The molecule has 0 saturated carbocycles. The highest BCUT2D eigenvalue weighted by Gasteiger charge is 2.13. The van der Waals surface area contributed by atoms with E-state index in [9.17, 15) is 13.6 Å².